The summed E-state index contributed by atoms with van der Waals surface area (Å²) in [5.74, 6) is -0.929. The highest BCUT2D eigenvalue weighted by Gasteiger charge is 2.09. The van der Waals surface area contributed by atoms with E-state index in [9.17, 15) is 4.79 Å². The second-order valence-corrected chi connectivity index (χ2v) is 7.23. The molecule has 0 unspecified atom stereocenters. The first-order valence-electron chi connectivity index (χ1n) is 8.80. The van der Waals surface area contributed by atoms with Crippen molar-refractivity contribution >= 4 is 18.6 Å². The van der Waals surface area contributed by atoms with Gasteiger partial charge < -0.3 is 5.11 Å². The van der Waals surface area contributed by atoms with Crippen LogP contribution in [-0.4, -0.2) is 11.1 Å². The second kappa shape index (κ2) is 11.0. The third-order valence-electron chi connectivity index (χ3n) is 4.14. The molecule has 25 heavy (non-hydrogen) atoms. The van der Waals surface area contributed by atoms with Crippen LogP contribution in [-0.2, 0) is 6.42 Å². The minimum absolute atomic E-state index is 0.266. The Balaban J connectivity index is 2.53. The number of hydrogen-bond donors (Lipinski definition) is 2. The van der Waals surface area contributed by atoms with Gasteiger partial charge in [0.05, 0.1) is 5.56 Å². The number of thiol groups is 1. The topological polar surface area (TPSA) is 37.3 Å². The van der Waals surface area contributed by atoms with Gasteiger partial charge in [-0.1, -0.05) is 47.1 Å². The van der Waals surface area contributed by atoms with Gasteiger partial charge in [0.15, 0.2) is 0 Å². The smallest absolute Gasteiger partial charge is 0.336 e. The summed E-state index contributed by atoms with van der Waals surface area (Å²) in [5, 5.41) is 9.15. The zero-order valence-electron chi connectivity index (χ0n) is 15.8. The van der Waals surface area contributed by atoms with Crippen LogP contribution in [0.15, 0.2) is 58.0 Å². The quantitative estimate of drug-likeness (QED) is 0.384. The zero-order chi connectivity index (χ0) is 18.8. The van der Waals surface area contributed by atoms with E-state index in [-0.39, 0.29) is 5.56 Å². The number of aromatic carboxylic acids is 1. The van der Waals surface area contributed by atoms with Gasteiger partial charge in [-0.2, -0.15) is 0 Å². The van der Waals surface area contributed by atoms with Crippen LogP contribution in [0, 0.1) is 0 Å². The standard InChI is InChI=1S/C22H30O2S/c1-16(2)8-5-9-17(3)10-6-11-18(4)14-15-19-12-7-13-20(21(19)25)22(23)24/h7-8,10,12-14,25H,5-6,9,11,15H2,1-4H3,(H,23,24). The molecule has 0 heterocycles. The molecule has 0 radical (unpaired) electrons. The Morgan fingerprint density at radius 2 is 1.60 bits per heavy atom. The molecule has 2 nitrogen and oxygen atoms in total. The molecule has 0 saturated heterocycles. The van der Waals surface area contributed by atoms with E-state index in [4.69, 9.17) is 5.11 Å². The average Bonchev–Trinajstić information content (AvgIpc) is 2.53. The van der Waals surface area contributed by atoms with E-state index in [0.29, 0.717) is 4.90 Å². The van der Waals surface area contributed by atoms with E-state index >= 15 is 0 Å². The molecule has 0 aromatic heterocycles. The number of carboxylic acid groups (broad SMARTS) is 1. The average molecular weight is 359 g/mol. The Labute approximate surface area is 157 Å². The highest BCUT2D eigenvalue weighted by atomic mass is 32.1. The molecule has 1 rings (SSSR count). The van der Waals surface area contributed by atoms with Crippen LogP contribution >= 0.6 is 12.6 Å². The Morgan fingerprint density at radius 1 is 1.00 bits per heavy atom. The molecule has 136 valence electrons. The molecule has 0 aliphatic rings. The summed E-state index contributed by atoms with van der Waals surface area (Å²) in [6, 6.07) is 5.31. The molecule has 0 aliphatic heterocycles. The molecule has 0 atom stereocenters. The molecule has 0 amide bonds. The first kappa shape index (κ1) is 21.3. The lowest BCUT2D eigenvalue weighted by Crippen LogP contribution is -2.00. The summed E-state index contributed by atoms with van der Waals surface area (Å²) in [6.07, 6.45) is 11.8. The highest BCUT2D eigenvalue weighted by Crippen LogP contribution is 2.21. The molecule has 0 aliphatic carbocycles. The molecule has 0 bridgehead atoms. The molecular weight excluding hydrogens is 328 g/mol. The van der Waals surface area contributed by atoms with E-state index in [1.165, 1.54) is 16.7 Å². The van der Waals surface area contributed by atoms with Gasteiger partial charge in [-0.05, 0) is 71.4 Å². The van der Waals surface area contributed by atoms with E-state index in [1.807, 2.05) is 6.07 Å². The largest absolute Gasteiger partial charge is 0.478 e. The first-order chi connectivity index (χ1) is 11.8. The third kappa shape index (κ3) is 8.26. The first-order valence-corrected chi connectivity index (χ1v) is 9.24. The van der Waals surface area contributed by atoms with Crippen LogP contribution in [0.3, 0.4) is 0 Å². The van der Waals surface area contributed by atoms with Crippen LogP contribution in [0.5, 0.6) is 0 Å². The van der Waals surface area contributed by atoms with Crippen molar-refractivity contribution in [1.82, 2.24) is 0 Å². The number of benzene rings is 1. The van der Waals surface area contributed by atoms with Crippen molar-refractivity contribution in [2.45, 2.75) is 64.7 Å². The summed E-state index contributed by atoms with van der Waals surface area (Å²) in [4.78, 5) is 11.7. The molecule has 1 aromatic carbocycles. The van der Waals surface area contributed by atoms with Gasteiger partial charge >= 0.3 is 5.97 Å². The Bertz CT molecular complexity index is 677. The van der Waals surface area contributed by atoms with Gasteiger partial charge in [-0.3, -0.25) is 0 Å². The fraction of sp³-hybridized carbons (Fsp3) is 0.409. The lowest BCUT2D eigenvalue weighted by Gasteiger charge is -2.06. The van der Waals surface area contributed by atoms with E-state index in [2.05, 4.69) is 58.6 Å². The minimum Gasteiger partial charge on any atom is -0.478 e. The van der Waals surface area contributed by atoms with Crippen molar-refractivity contribution in [1.29, 1.82) is 0 Å². The summed E-state index contributed by atoms with van der Waals surface area (Å²) >= 11 is 4.37. The lowest BCUT2D eigenvalue weighted by atomic mass is 10.0. The second-order valence-electron chi connectivity index (χ2n) is 6.78. The van der Waals surface area contributed by atoms with Crippen LogP contribution in [0.2, 0.25) is 0 Å². The van der Waals surface area contributed by atoms with E-state index in [1.54, 1.807) is 12.1 Å². The van der Waals surface area contributed by atoms with Crippen LogP contribution in [0.4, 0.5) is 0 Å². The predicted molar refractivity (Wildman–Crippen MR) is 110 cm³/mol. The monoisotopic (exact) mass is 358 g/mol. The molecule has 3 heteroatoms. The molecular formula is C22H30O2S. The SMILES string of the molecule is CC(C)=CCCC(C)=CCCC(C)=CCc1cccc(C(=O)O)c1S. The van der Waals surface area contributed by atoms with Crippen molar-refractivity contribution < 1.29 is 9.90 Å². The molecule has 0 saturated carbocycles. The summed E-state index contributed by atoms with van der Waals surface area (Å²) in [6.45, 7) is 8.60. The lowest BCUT2D eigenvalue weighted by molar-refractivity contribution is 0.0693. The van der Waals surface area contributed by atoms with Gasteiger partial charge in [0.25, 0.3) is 0 Å². The van der Waals surface area contributed by atoms with E-state index in [0.717, 1.165) is 37.7 Å². The Kier molecular flexibility index (Phi) is 9.36. The molecule has 1 aromatic rings. The van der Waals surface area contributed by atoms with Crippen LogP contribution in [0.1, 0.15) is 69.3 Å². The van der Waals surface area contributed by atoms with E-state index < -0.39 is 5.97 Å². The normalized spacial score (nSPS) is 12.2. The Hall–Kier alpha value is -1.74. The summed E-state index contributed by atoms with van der Waals surface area (Å²) in [7, 11) is 0. The van der Waals surface area contributed by atoms with Crippen molar-refractivity contribution in [3.63, 3.8) is 0 Å². The van der Waals surface area contributed by atoms with Gasteiger partial charge in [0, 0.05) is 4.90 Å². The molecule has 1 N–H and O–H groups in total. The fourth-order valence-corrected chi connectivity index (χ4v) is 2.89. The third-order valence-corrected chi connectivity index (χ3v) is 4.67. The number of hydrogen-bond acceptors (Lipinski definition) is 2. The number of allylic oxidation sites excluding steroid dienone is 6. The van der Waals surface area contributed by atoms with Crippen molar-refractivity contribution in [3.05, 3.63) is 64.3 Å². The van der Waals surface area contributed by atoms with Gasteiger partial charge in [-0.25, -0.2) is 4.79 Å². The summed E-state index contributed by atoms with van der Waals surface area (Å²) < 4.78 is 0. The maximum atomic E-state index is 11.2. The minimum atomic E-state index is -0.929. The van der Waals surface area contributed by atoms with Gasteiger partial charge in [-0.15, -0.1) is 12.6 Å². The molecule has 0 spiro atoms. The number of carbonyl (C=O) groups is 1. The maximum absolute atomic E-state index is 11.2. The van der Waals surface area contributed by atoms with Crippen molar-refractivity contribution in [3.8, 4) is 0 Å². The van der Waals surface area contributed by atoms with Gasteiger partial charge in [0.1, 0.15) is 0 Å². The number of rotatable bonds is 9. The zero-order valence-corrected chi connectivity index (χ0v) is 16.7. The maximum Gasteiger partial charge on any atom is 0.336 e. The fourth-order valence-electron chi connectivity index (χ4n) is 2.55. The summed E-state index contributed by atoms with van der Waals surface area (Å²) in [5.41, 5.74) is 5.36. The van der Waals surface area contributed by atoms with Crippen molar-refractivity contribution in [2.24, 2.45) is 0 Å². The number of carboxylic acids is 1. The van der Waals surface area contributed by atoms with Crippen molar-refractivity contribution in [2.75, 3.05) is 0 Å². The van der Waals surface area contributed by atoms with Gasteiger partial charge in [0.2, 0.25) is 0 Å². The predicted octanol–water partition coefficient (Wildman–Crippen LogP) is 6.64. The highest BCUT2D eigenvalue weighted by molar-refractivity contribution is 7.80. The Morgan fingerprint density at radius 3 is 2.20 bits per heavy atom. The van der Waals surface area contributed by atoms with Crippen LogP contribution in [0.25, 0.3) is 0 Å². The van der Waals surface area contributed by atoms with Crippen LogP contribution < -0.4 is 0 Å². The molecule has 0 fully saturated rings.